The third kappa shape index (κ3) is 5.38. The number of ether oxygens (including phenoxy) is 2. The van der Waals surface area contributed by atoms with Gasteiger partial charge in [0.25, 0.3) is 0 Å². The van der Waals surface area contributed by atoms with Crippen molar-refractivity contribution in [3.63, 3.8) is 0 Å². The largest absolute Gasteiger partial charge is 0.497 e. The van der Waals surface area contributed by atoms with E-state index in [4.69, 9.17) is 9.47 Å². The second-order valence-corrected chi connectivity index (χ2v) is 9.09. The van der Waals surface area contributed by atoms with E-state index in [1.165, 1.54) is 0 Å². The highest BCUT2D eigenvalue weighted by atomic mass is 16.5. The lowest BCUT2D eigenvalue weighted by Gasteiger charge is -2.20. The molecule has 0 spiro atoms. The van der Waals surface area contributed by atoms with E-state index in [0.29, 0.717) is 0 Å². The zero-order valence-electron chi connectivity index (χ0n) is 21.9. The predicted octanol–water partition coefficient (Wildman–Crippen LogP) is 6.84. The van der Waals surface area contributed by atoms with Gasteiger partial charge in [-0.25, -0.2) is 0 Å². The lowest BCUT2D eigenvalue weighted by molar-refractivity contribution is 0.414. The smallest absolute Gasteiger partial charge is 0.118 e. The molecule has 0 amide bonds. The Labute approximate surface area is 215 Å². The highest BCUT2D eigenvalue weighted by Crippen LogP contribution is 2.38. The van der Waals surface area contributed by atoms with Gasteiger partial charge >= 0.3 is 0 Å². The molecule has 4 rings (SSSR count). The Bertz CT molecular complexity index is 1200. The lowest BCUT2D eigenvalue weighted by Crippen LogP contribution is -2.08. The first-order chi connectivity index (χ1) is 17.4. The molecule has 0 radical (unpaired) electrons. The summed E-state index contributed by atoms with van der Waals surface area (Å²) in [7, 11) is 11.6. The van der Waals surface area contributed by atoms with Crippen LogP contribution >= 0.6 is 0 Å². The fourth-order valence-corrected chi connectivity index (χ4v) is 4.28. The molecule has 0 saturated carbocycles. The van der Waals surface area contributed by atoms with Crippen LogP contribution in [-0.4, -0.2) is 42.4 Å². The molecule has 4 aromatic carbocycles. The molecule has 0 bridgehead atoms. The maximum Gasteiger partial charge on any atom is 0.118 e. The van der Waals surface area contributed by atoms with Gasteiger partial charge in [-0.05, 0) is 81.9 Å². The van der Waals surface area contributed by atoms with E-state index in [1.54, 1.807) is 14.2 Å². The minimum absolute atomic E-state index is 0.836. The van der Waals surface area contributed by atoms with Gasteiger partial charge in [-0.3, -0.25) is 0 Å². The SMILES string of the molecule is COc1ccc(/C(=C(/c2ccc(OC)cc2)c2ccc(N(C)C)cc2)c2ccc(N(C)C)cc2)cc1. The van der Waals surface area contributed by atoms with E-state index >= 15 is 0 Å². The number of methoxy groups -OCH3 is 2. The third-order valence-corrected chi connectivity index (χ3v) is 6.35. The molecule has 0 N–H and O–H groups in total. The summed E-state index contributed by atoms with van der Waals surface area (Å²) in [4.78, 5) is 4.23. The van der Waals surface area contributed by atoms with Crippen LogP contribution in [0.25, 0.3) is 11.1 Å². The molecule has 36 heavy (non-hydrogen) atoms. The molecule has 4 aromatic rings. The van der Waals surface area contributed by atoms with Crippen molar-refractivity contribution in [3.8, 4) is 11.5 Å². The molecule has 184 valence electrons. The van der Waals surface area contributed by atoms with Gasteiger partial charge in [0.1, 0.15) is 11.5 Å². The van der Waals surface area contributed by atoms with Crippen LogP contribution in [0.4, 0.5) is 11.4 Å². The molecule has 0 aromatic heterocycles. The van der Waals surface area contributed by atoms with Crippen LogP contribution in [0, 0.1) is 0 Å². The van der Waals surface area contributed by atoms with Crippen LogP contribution in [0.1, 0.15) is 22.3 Å². The molecular formula is C32H34N2O2. The number of anilines is 2. The van der Waals surface area contributed by atoms with Crippen molar-refractivity contribution in [2.24, 2.45) is 0 Å². The van der Waals surface area contributed by atoms with Crippen molar-refractivity contribution < 1.29 is 9.47 Å². The maximum atomic E-state index is 5.45. The summed E-state index contributed by atoms with van der Waals surface area (Å²) in [5.74, 6) is 1.67. The summed E-state index contributed by atoms with van der Waals surface area (Å²) in [5, 5.41) is 0. The molecule has 4 heteroatoms. The molecule has 0 unspecified atom stereocenters. The average molecular weight is 479 g/mol. The van der Waals surface area contributed by atoms with Crippen molar-refractivity contribution in [2.45, 2.75) is 0 Å². The average Bonchev–Trinajstić information content (AvgIpc) is 2.92. The van der Waals surface area contributed by atoms with Crippen molar-refractivity contribution in [3.05, 3.63) is 119 Å². The van der Waals surface area contributed by atoms with Gasteiger partial charge in [0.05, 0.1) is 14.2 Å². The molecule has 0 aliphatic carbocycles. The van der Waals surface area contributed by atoms with Crippen LogP contribution in [-0.2, 0) is 0 Å². The van der Waals surface area contributed by atoms with Crippen LogP contribution < -0.4 is 19.3 Å². The molecule has 0 saturated heterocycles. The highest BCUT2D eigenvalue weighted by molar-refractivity contribution is 6.04. The van der Waals surface area contributed by atoms with Crippen LogP contribution in [0.2, 0.25) is 0 Å². The first-order valence-electron chi connectivity index (χ1n) is 12.0. The number of rotatable bonds is 8. The first kappa shape index (κ1) is 24.9. The van der Waals surface area contributed by atoms with E-state index in [2.05, 4.69) is 111 Å². The standard InChI is InChI=1S/C32H34N2O2/c1-33(2)27-15-7-23(8-16-27)31(25-11-19-29(35-5)20-12-25)32(26-13-21-30(36-6)22-14-26)24-9-17-28(18-10-24)34(3)4/h7-22H,1-6H3/b32-31+. The van der Waals surface area contributed by atoms with Crippen molar-refractivity contribution in [1.29, 1.82) is 0 Å². The van der Waals surface area contributed by atoms with Crippen LogP contribution in [0.3, 0.4) is 0 Å². The Morgan fingerprint density at radius 1 is 0.417 bits per heavy atom. The summed E-state index contributed by atoms with van der Waals surface area (Å²) in [6.07, 6.45) is 0. The number of hydrogen-bond acceptors (Lipinski definition) is 4. The minimum Gasteiger partial charge on any atom is -0.497 e. The van der Waals surface area contributed by atoms with E-state index in [1.807, 2.05) is 24.3 Å². The fourth-order valence-electron chi connectivity index (χ4n) is 4.28. The van der Waals surface area contributed by atoms with Gasteiger partial charge in [-0.15, -0.1) is 0 Å². The quantitative estimate of drug-likeness (QED) is 0.259. The number of nitrogens with zero attached hydrogens (tertiary/aromatic N) is 2. The fraction of sp³-hybridized carbons (Fsp3) is 0.188. The first-order valence-corrected chi connectivity index (χ1v) is 12.0. The van der Waals surface area contributed by atoms with Crippen LogP contribution in [0.15, 0.2) is 97.1 Å². The summed E-state index contributed by atoms with van der Waals surface area (Å²) in [6, 6.07) is 34.1. The lowest BCUT2D eigenvalue weighted by atomic mass is 9.85. The summed E-state index contributed by atoms with van der Waals surface area (Å²) < 4.78 is 10.9. The Morgan fingerprint density at radius 3 is 0.889 bits per heavy atom. The Morgan fingerprint density at radius 2 is 0.667 bits per heavy atom. The maximum absolute atomic E-state index is 5.45. The summed E-state index contributed by atoms with van der Waals surface area (Å²) in [5.41, 5.74) is 9.17. The molecule has 0 aliphatic heterocycles. The molecular weight excluding hydrogens is 444 g/mol. The second-order valence-electron chi connectivity index (χ2n) is 9.09. The zero-order valence-corrected chi connectivity index (χ0v) is 21.9. The molecule has 0 fully saturated rings. The normalized spacial score (nSPS) is 11.5. The molecule has 4 nitrogen and oxygen atoms in total. The van der Waals surface area contributed by atoms with E-state index in [9.17, 15) is 0 Å². The number of hydrogen-bond donors (Lipinski definition) is 0. The van der Waals surface area contributed by atoms with Gasteiger partial charge in [-0.1, -0.05) is 48.5 Å². The number of benzene rings is 4. The topological polar surface area (TPSA) is 24.9 Å². The van der Waals surface area contributed by atoms with Gasteiger partial charge in [0, 0.05) is 39.6 Å². The summed E-state index contributed by atoms with van der Waals surface area (Å²) >= 11 is 0. The highest BCUT2D eigenvalue weighted by Gasteiger charge is 2.17. The minimum atomic E-state index is 0.836. The van der Waals surface area contributed by atoms with Gasteiger partial charge < -0.3 is 19.3 Å². The third-order valence-electron chi connectivity index (χ3n) is 6.35. The summed E-state index contributed by atoms with van der Waals surface area (Å²) in [6.45, 7) is 0. The predicted molar refractivity (Wildman–Crippen MR) is 153 cm³/mol. The zero-order chi connectivity index (χ0) is 25.7. The Kier molecular flexibility index (Phi) is 7.65. The second kappa shape index (κ2) is 11.0. The van der Waals surface area contributed by atoms with Gasteiger partial charge in [0.2, 0.25) is 0 Å². The monoisotopic (exact) mass is 478 g/mol. The molecule has 0 heterocycles. The Hall–Kier alpha value is -4.18. The molecule has 0 atom stereocenters. The van der Waals surface area contributed by atoms with Gasteiger partial charge in [-0.2, -0.15) is 0 Å². The van der Waals surface area contributed by atoms with E-state index in [0.717, 1.165) is 56.3 Å². The molecule has 0 aliphatic rings. The van der Waals surface area contributed by atoms with E-state index in [-0.39, 0.29) is 0 Å². The van der Waals surface area contributed by atoms with Gasteiger partial charge in [0.15, 0.2) is 0 Å². The van der Waals surface area contributed by atoms with Crippen molar-refractivity contribution >= 4 is 22.5 Å². The van der Waals surface area contributed by atoms with E-state index < -0.39 is 0 Å². The Balaban J connectivity index is 2.02. The van der Waals surface area contributed by atoms with Crippen molar-refractivity contribution in [1.82, 2.24) is 0 Å². The van der Waals surface area contributed by atoms with Crippen LogP contribution in [0.5, 0.6) is 11.5 Å². The van der Waals surface area contributed by atoms with Crippen molar-refractivity contribution in [2.75, 3.05) is 52.2 Å².